The summed E-state index contributed by atoms with van der Waals surface area (Å²) < 4.78 is 5.21. The fraction of sp³-hybridized carbons (Fsp3) is 0.345. The Morgan fingerprint density at radius 3 is 2.31 bits per heavy atom. The number of ether oxygens (including phenoxy) is 1. The van der Waals surface area contributed by atoms with E-state index < -0.39 is 17.3 Å². The topological polar surface area (TPSA) is 102 Å². The molecule has 0 fully saturated rings. The molecule has 7 nitrogen and oxygen atoms in total. The van der Waals surface area contributed by atoms with Gasteiger partial charge in [-0.05, 0) is 61.9 Å². The van der Waals surface area contributed by atoms with Crippen LogP contribution >= 0.6 is 0 Å². The Morgan fingerprint density at radius 1 is 1.00 bits per heavy atom. The van der Waals surface area contributed by atoms with Gasteiger partial charge in [0.25, 0.3) is 0 Å². The first-order valence-corrected chi connectivity index (χ1v) is 12.1. The van der Waals surface area contributed by atoms with Crippen molar-refractivity contribution in [1.29, 1.82) is 0 Å². The SMILES string of the molecule is COC(=O)C1=C(N)N(c2cc(C)cc(C)c2)C2=C(C(=O)CC(C)(C)C2)C12C(=O)Nc1ccc(C)cc12. The van der Waals surface area contributed by atoms with Gasteiger partial charge in [-0.15, -0.1) is 0 Å². The van der Waals surface area contributed by atoms with E-state index in [4.69, 9.17) is 10.5 Å². The van der Waals surface area contributed by atoms with Gasteiger partial charge in [-0.25, -0.2) is 4.79 Å². The van der Waals surface area contributed by atoms with E-state index in [2.05, 4.69) is 5.32 Å². The lowest BCUT2D eigenvalue weighted by Gasteiger charge is -2.47. The minimum Gasteiger partial charge on any atom is -0.466 e. The Hall–Kier alpha value is -3.87. The first kappa shape index (κ1) is 23.9. The summed E-state index contributed by atoms with van der Waals surface area (Å²) in [5.41, 5.74) is 10.5. The molecule has 2 aromatic carbocycles. The Kier molecular flexibility index (Phi) is 5.18. The van der Waals surface area contributed by atoms with Crippen LogP contribution in [0, 0.1) is 26.2 Å². The van der Waals surface area contributed by atoms with E-state index in [9.17, 15) is 14.4 Å². The second kappa shape index (κ2) is 7.82. The van der Waals surface area contributed by atoms with E-state index in [-0.39, 0.29) is 29.0 Å². The molecule has 0 bridgehead atoms. The van der Waals surface area contributed by atoms with Crippen LogP contribution in [0.4, 0.5) is 11.4 Å². The van der Waals surface area contributed by atoms with Gasteiger partial charge in [0.2, 0.25) is 5.91 Å². The molecule has 1 atom stereocenters. The van der Waals surface area contributed by atoms with Crippen LogP contribution in [0.25, 0.3) is 0 Å². The highest BCUT2D eigenvalue weighted by molar-refractivity contribution is 6.23. The van der Waals surface area contributed by atoms with Crippen LogP contribution in [-0.2, 0) is 24.5 Å². The quantitative estimate of drug-likeness (QED) is 0.615. The van der Waals surface area contributed by atoms with E-state index in [0.29, 0.717) is 28.9 Å². The molecule has 2 aliphatic heterocycles. The summed E-state index contributed by atoms with van der Waals surface area (Å²) in [6.45, 7) is 9.94. The number of aryl methyl sites for hydroxylation is 3. The number of nitrogens with one attached hydrogen (secondary N) is 1. The van der Waals surface area contributed by atoms with E-state index in [1.807, 2.05) is 65.0 Å². The van der Waals surface area contributed by atoms with Crippen LogP contribution in [-0.4, -0.2) is 24.8 Å². The van der Waals surface area contributed by atoms with Crippen LogP contribution < -0.4 is 16.0 Å². The van der Waals surface area contributed by atoms with Crippen molar-refractivity contribution in [3.05, 3.63) is 81.3 Å². The van der Waals surface area contributed by atoms with Crippen LogP contribution in [0.15, 0.2) is 59.1 Å². The average Bonchev–Trinajstić information content (AvgIpc) is 3.03. The van der Waals surface area contributed by atoms with Gasteiger partial charge in [-0.3, -0.25) is 14.5 Å². The molecular weight excluding hydrogens is 454 g/mol. The molecule has 0 radical (unpaired) electrons. The maximum absolute atomic E-state index is 14.0. The summed E-state index contributed by atoms with van der Waals surface area (Å²) in [6, 6.07) is 11.5. The molecule has 0 saturated heterocycles. The lowest BCUT2D eigenvalue weighted by Crippen LogP contribution is -2.54. The number of hydrogen-bond donors (Lipinski definition) is 2. The number of amides is 1. The molecule has 2 aromatic rings. The van der Waals surface area contributed by atoms with E-state index in [1.165, 1.54) is 7.11 Å². The zero-order valence-corrected chi connectivity index (χ0v) is 21.5. The van der Waals surface area contributed by atoms with Crippen molar-refractivity contribution in [2.45, 2.75) is 52.9 Å². The zero-order valence-electron chi connectivity index (χ0n) is 21.5. The van der Waals surface area contributed by atoms with Crippen LogP contribution in [0.5, 0.6) is 0 Å². The van der Waals surface area contributed by atoms with Gasteiger partial charge in [0.1, 0.15) is 16.8 Å². The first-order chi connectivity index (χ1) is 16.9. The molecule has 36 heavy (non-hydrogen) atoms. The average molecular weight is 486 g/mol. The number of carbonyl (C=O) groups is 3. The highest BCUT2D eigenvalue weighted by atomic mass is 16.5. The summed E-state index contributed by atoms with van der Waals surface area (Å²) >= 11 is 0. The number of ketones is 1. The summed E-state index contributed by atoms with van der Waals surface area (Å²) in [5.74, 6) is -1.28. The molecule has 1 aliphatic carbocycles. The standard InChI is InChI=1S/C29H31N3O4/c1-15-7-8-20-19(12-15)29(27(35)31-20)23-21(13-28(4,5)14-22(23)33)32(25(30)24(29)26(34)36-6)18-10-16(2)9-17(3)11-18/h7-12H,13-14,30H2,1-6H3,(H,31,35). The third-order valence-corrected chi connectivity index (χ3v) is 7.39. The van der Waals surface area contributed by atoms with Crippen LogP contribution in [0.3, 0.4) is 0 Å². The molecule has 3 N–H and O–H groups in total. The molecule has 1 spiro atoms. The molecule has 2 heterocycles. The molecular formula is C29H31N3O4. The van der Waals surface area contributed by atoms with Gasteiger partial charge in [0, 0.05) is 34.6 Å². The Morgan fingerprint density at radius 2 is 1.67 bits per heavy atom. The van der Waals surface area contributed by atoms with Crippen molar-refractivity contribution in [1.82, 2.24) is 0 Å². The molecule has 1 amide bonds. The fourth-order valence-electron chi connectivity index (χ4n) is 6.13. The fourth-order valence-corrected chi connectivity index (χ4v) is 6.13. The highest BCUT2D eigenvalue weighted by Crippen LogP contribution is 2.57. The smallest absolute Gasteiger partial charge is 0.339 e. The number of esters is 1. The summed E-state index contributed by atoms with van der Waals surface area (Å²) in [5, 5.41) is 2.92. The maximum atomic E-state index is 14.0. The van der Waals surface area contributed by atoms with E-state index in [1.54, 1.807) is 11.0 Å². The monoisotopic (exact) mass is 485 g/mol. The van der Waals surface area contributed by atoms with E-state index >= 15 is 0 Å². The maximum Gasteiger partial charge on any atom is 0.339 e. The molecule has 0 saturated carbocycles. The van der Waals surface area contributed by atoms with Gasteiger partial charge in [-0.1, -0.05) is 37.6 Å². The number of nitrogens with two attached hydrogens (primary N) is 1. The molecule has 1 unspecified atom stereocenters. The number of methoxy groups -OCH3 is 1. The Labute approximate surface area is 211 Å². The van der Waals surface area contributed by atoms with Gasteiger partial charge >= 0.3 is 5.97 Å². The predicted molar refractivity (Wildman–Crippen MR) is 138 cm³/mol. The van der Waals surface area contributed by atoms with Gasteiger partial charge < -0.3 is 15.8 Å². The number of rotatable bonds is 2. The zero-order chi connectivity index (χ0) is 26.2. The first-order valence-electron chi connectivity index (χ1n) is 12.1. The third kappa shape index (κ3) is 3.22. The molecule has 3 aliphatic rings. The van der Waals surface area contributed by atoms with Crippen LogP contribution in [0.1, 0.15) is 48.9 Å². The number of fused-ring (bicyclic) bond motifs is 3. The second-order valence-electron chi connectivity index (χ2n) is 10.9. The molecule has 0 aromatic heterocycles. The second-order valence-corrected chi connectivity index (χ2v) is 10.9. The minimum absolute atomic E-state index is 0.0298. The molecule has 5 rings (SSSR count). The Bertz CT molecular complexity index is 1410. The van der Waals surface area contributed by atoms with Crippen molar-refractivity contribution < 1.29 is 19.1 Å². The number of allylic oxidation sites excluding steroid dienone is 1. The van der Waals surface area contributed by atoms with Gasteiger partial charge in [0.15, 0.2) is 5.78 Å². The van der Waals surface area contributed by atoms with Crippen molar-refractivity contribution in [3.8, 4) is 0 Å². The number of hydrogen-bond acceptors (Lipinski definition) is 6. The number of Topliss-reactive ketones (excluding diaryl/α,β-unsaturated/α-hetero) is 1. The number of carbonyl (C=O) groups excluding carboxylic acids is 3. The summed E-state index contributed by atoms with van der Waals surface area (Å²) in [7, 11) is 1.26. The van der Waals surface area contributed by atoms with E-state index in [0.717, 1.165) is 22.4 Å². The van der Waals surface area contributed by atoms with Gasteiger partial charge in [0.05, 0.1) is 7.11 Å². The van der Waals surface area contributed by atoms with Crippen molar-refractivity contribution >= 4 is 29.0 Å². The van der Waals surface area contributed by atoms with Crippen molar-refractivity contribution in [2.24, 2.45) is 11.1 Å². The van der Waals surface area contributed by atoms with Gasteiger partial charge in [-0.2, -0.15) is 0 Å². The van der Waals surface area contributed by atoms with Crippen LogP contribution in [0.2, 0.25) is 0 Å². The number of anilines is 2. The van der Waals surface area contributed by atoms with Crippen molar-refractivity contribution in [2.75, 3.05) is 17.3 Å². The molecule has 7 heteroatoms. The summed E-state index contributed by atoms with van der Waals surface area (Å²) in [4.78, 5) is 43.3. The lowest BCUT2D eigenvalue weighted by atomic mass is 9.60. The summed E-state index contributed by atoms with van der Waals surface area (Å²) in [6.07, 6.45) is 0.753. The highest BCUT2D eigenvalue weighted by Gasteiger charge is 2.63. The minimum atomic E-state index is -1.68. The largest absolute Gasteiger partial charge is 0.466 e. The predicted octanol–water partition coefficient (Wildman–Crippen LogP) is 4.31. The number of benzene rings is 2. The molecule has 186 valence electrons. The number of nitrogens with zero attached hydrogens (tertiary/aromatic N) is 1. The third-order valence-electron chi connectivity index (χ3n) is 7.39. The normalized spacial score (nSPS) is 22.6. The van der Waals surface area contributed by atoms with Crippen molar-refractivity contribution in [3.63, 3.8) is 0 Å². The Balaban J connectivity index is 1.95. The lowest BCUT2D eigenvalue weighted by molar-refractivity contribution is -0.138.